The summed E-state index contributed by atoms with van der Waals surface area (Å²) in [6.07, 6.45) is 4.93. The molecule has 1 aliphatic heterocycles. The Hall–Kier alpha value is -1.85. The molecule has 2 aromatic rings. The van der Waals surface area contributed by atoms with Gasteiger partial charge < -0.3 is 9.84 Å². The van der Waals surface area contributed by atoms with Gasteiger partial charge in [0.25, 0.3) is 0 Å². The molecule has 0 bridgehead atoms. The molecule has 1 N–H and O–H groups in total. The van der Waals surface area contributed by atoms with Crippen LogP contribution in [0, 0.1) is 11.8 Å². The lowest BCUT2D eigenvalue weighted by Crippen LogP contribution is -2.43. The van der Waals surface area contributed by atoms with Gasteiger partial charge in [-0.3, -0.25) is 9.58 Å². The predicted molar refractivity (Wildman–Crippen MR) is 96.2 cm³/mol. The molecular formula is C20H27N3O2. The van der Waals surface area contributed by atoms with E-state index in [1.165, 1.54) is 12.1 Å². The normalized spacial score (nSPS) is 29.6. The smallest absolute Gasteiger partial charge is 0.124 e. The molecule has 1 saturated heterocycles. The van der Waals surface area contributed by atoms with Crippen LogP contribution in [-0.2, 0) is 19.2 Å². The minimum absolute atomic E-state index is 0.255. The number of para-hydroxylation sites is 1. The van der Waals surface area contributed by atoms with Gasteiger partial charge >= 0.3 is 0 Å². The van der Waals surface area contributed by atoms with Crippen LogP contribution in [-0.4, -0.2) is 40.0 Å². The first-order chi connectivity index (χ1) is 12.1. The molecule has 1 aromatic carbocycles. The van der Waals surface area contributed by atoms with E-state index in [1.54, 1.807) is 7.11 Å². The number of fused-ring (bicyclic) bond motifs is 1. The molecule has 0 radical (unpaired) electrons. The molecule has 5 nitrogen and oxygen atoms in total. The van der Waals surface area contributed by atoms with Crippen molar-refractivity contribution in [1.82, 2.24) is 14.7 Å². The second-order valence-electron chi connectivity index (χ2n) is 7.52. The average molecular weight is 341 g/mol. The summed E-state index contributed by atoms with van der Waals surface area (Å²) < 4.78 is 7.49. The number of hydrogen-bond donors (Lipinski definition) is 1. The number of likely N-dealkylation sites (tertiary alicyclic amines) is 1. The van der Waals surface area contributed by atoms with Crippen molar-refractivity contribution in [2.75, 3.05) is 20.2 Å². The highest BCUT2D eigenvalue weighted by atomic mass is 16.5. The Labute approximate surface area is 149 Å². The van der Waals surface area contributed by atoms with E-state index in [2.05, 4.69) is 16.1 Å². The summed E-state index contributed by atoms with van der Waals surface area (Å²) in [5, 5.41) is 16.0. The third-order valence-electron chi connectivity index (χ3n) is 6.14. The topological polar surface area (TPSA) is 50.5 Å². The summed E-state index contributed by atoms with van der Waals surface area (Å²) in [6.45, 7) is 2.86. The van der Waals surface area contributed by atoms with Crippen molar-refractivity contribution in [3.63, 3.8) is 0 Å². The highest BCUT2D eigenvalue weighted by molar-refractivity contribution is 5.39. The number of rotatable bonds is 4. The van der Waals surface area contributed by atoms with Gasteiger partial charge in [-0.2, -0.15) is 5.10 Å². The number of hydrogen-bond acceptors (Lipinski definition) is 4. The average Bonchev–Trinajstić information content (AvgIpc) is 3.22. The zero-order chi connectivity index (χ0) is 17.4. The molecule has 2 heterocycles. The summed E-state index contributed by atoms with van der Waals surface area (Å²) in [7, 11) is 3.68. The molecule has 134 valence electrons. The second-order valence-corrected chi connectivity index (χ2v) is 7.52. The van der Waals surface area contributed by atoms with Gasteiger partial charge in [-0.1, -0.05) is 18.2 Å². The van der Waals surface area contributed by atoms with Crippen LogP contribution in [0.4, 0.5) is 0 Å². The summed E-state index contributed by atoms with van der Waals surface area (Å²) in [5.41, 5.74) is 1.38. The van der Waals surface area contributed by atoms with E-state index < -0.39 is 5.60 Å². The summed E-state index contributed by atoms with van der Waals surface area (Å²) in [5.74, 6) is 1.60. The summed E-state index contributed by atoms with van der Waals surface area (Å²) >= 11 is 0. The van der Waals surface area contributed by atoms with E-state index in [0.717, 1.165) is 43.8 Å². The summed E-state index contributed by atoms with van der Waals surface area (Å²) in [4.78, 5) is 2.47. The molecule has 4 rings (SSSR count). The fourth-order valence-corrected chi connectivity index (χ4v) is 4.86. The van der Waals surface area contributed by atoms with Crippen molar-refractivity contribution in [3.05, 3.63) is 47.8 Å². The Morgan fingerprint density at radius 3 is 2.88 bits per heavy atom. The van der Waals surface area contributed by atoms with E-state index in [4.69, 9.17) is 4.74 Å². The molecule has 0 unspecified atom stereocenters. The highest BCUT2D eigenvalue weighted by Gasteiger charge is 2.50. The minimum atomic E-state index is -0.795. The van der Waals surface area contributed by atoms with Crippen molar-refractivity contribution < 1.29 is 9.84 Å². The quantitative estimate of drug-likeness (QED) is 0.928. The van der Waals surface area contributed by atoms with E-state index >= 15 is 0 Å². The third kappa shape index (κ3) is 2.85. The van der Waals surface area contributed by atoms with Crippen molar-refractivity contribution in [3.8, 4) is 5.75 Å². The summed E-state index contributed by atoms with van der Waals surface area (Å²) in [6, 6.07) is 10.0. The van der Waals surface area contributed by atoms with Gasteiger partial charge in [0.05, 0.1) is 18.4 Å². The SMILES string of the molecule is COc1ccccc1[C@@]1(O)CCC[C@@H]2CN(Cc3ccnn3C)C[C@H]21. The van der Waals surface area contributed by atoms with Crippen LogP contribution in [0.15, 0.2) is 36.5 Å². The molecule has 0 spiro atoms. The van der Waals surface area contributed by atoms with E-state index in [1.807, 2.05) is 42.2 Å². The Bertz CT molecular complexity index is 744. The Balaban J connectivity index is 1.60. The Morgan fingerprint density at radius 2 is 2.12 bits per heavy atom. The van der Waals surface area contributed by atoms with E-state index in [9.17, 15) is 5.11 Å². The third-order valence-corrected chi connectivity index (χ3v) is 6.14. The van der Waals surface area contributed by atoms with Crippen LogP contribution in [0.1, 0.15) is 30.5 Å². The number of methoxy groups -OCH3 is 1. The Morgan fingerprint density at radius 1 is 1.28 bits per heavy atom. The monoisotopic (exact) mass is 341 g/mol. The van der Waals surface area contributed by atoms with Crippen molar-refractivity contribution in [2.24, 2.45) is 18.9 Å². The maximum absolute atomic E-state index is 11.7. The number of aromatic nitrogens is 2. The fraction of sp³-hybridized carbons (Fsp3) is 0.550. The van der Waals surface area contributed by atoms with Gasteiger partial charge in [0, 0.05) is 44.4 Å². The zero-order valence-corrected chi connectivity index (χ0v) is 15.1. The molecule has 5 heteroatoms. The number of benzene rings is 1. The highest BCUT2D eigenvalue weighted by Crippen LogP contribution is 2.50. The lowest BCUT2D eigenvalue weighted by atomic mass is 9.67. The molecule has 1 saturated carbocycles. The van der Waals surface area contributed by atoms with Crippen LogP contribution in [0.5, 0.6) is 5.75 Å². The number of aliphatic hydroxyl groups is 1. The second kappa shape index (κ2) is 6.46. The number of nitrogens with zero attached hydrogens (tertiary/aromatic N) is 3. The molecule has 1 aliphatic carbocycles. The Kier molecular flexibility index (Phi) is 4.29. The maximum atomic E-state index is 11.7. The van der Waals surface area contributed by atoms with Gasteiger partial charge in [0.15, 0.2) is 0 Å². The number of ether oxygens (including phenoxy) is 1. The largest absolute Gasteiger partial charge is 0.496 e. The first kappa shape index (κ1) is 16.6. The molecule has 1 aromatic heterocycles. The molecule has 0 amide bonds. The first-order valence-electron chi connectivity index (χ1n) is 9.17. The zero-order valence-electron chi connectivity index (χ0n) is 15.1. The van der Waals surface area contributed by atoms with Crippen LogP contribution in [0.3, 0.4) is 0 Å². The molecular weight excluding hydrogens is 314 g/mol. The molecule has 3 atom stereocenters. The van der Waals surface area contributed by atoms with Crippen LogP contribution in [0.25, 0.3) is 0 Å². The first-order valence-corrected chi connectivity index (χ1v) is 9.17. The van der Waals surface area contributed by atoms with Gasteiger partial charge in [-0.15, -0.1) is 0 Å². The predicted octanol–water partition coefficient (Wildman–Crippen LogP) is 2.55. The lowest BCUT2D eigenvalue weighted by molar-refractivity contribution is -0.0662. The minimum Gasteiger partial charge on any atom is -0.496 e. The molecule has 25 heavy (non-hydrogen) atoms. The van der Waals surface area contributed by atoms with Crippen LogP contribution in [0.2, 0.25) is 0 Å². The van der Waals surface area contributed by atoms with E-state index in [0.29, 0.717) is 5.92 Å². The van der Waals surface area contributed by atoms with Gasteiger partial charge in [-0.05, 0) is 37.3 Å². The van der Waals surface area contributed by atoms with Gasteiger partial charge in [-0.25, -0.2) is 0 Å². The van der Waals surface area contributed by atoms with Gasteiger partial charge in [0.2, 0.25) is 0 Å². The standard InChI is InChI=1S/C20H27N3O2/c1-22-16(9-11-21-22)13-23-12-15-6-5-10-20(24,18(15)14-23)17-7-3-4-8-19(17)25-2/h3-4,7-9,11,15,18,24H,5-6,10,12-14H2,1-2H3/t15-,18-,20+/m1/s1. The van der Waals surface area contributed by atoms with Crippen LogP contribution >= 0.6 is 0 Å². The lowest BCUT2D eigenvalue weighted by Gasteiger charge is -2.42. The molecule has 2 aliphatic rings. The van der Waals surface area contributed by atoms with Crippen molar-refractivity contribution >= 4 is 0 Å². The van der Waals surface area contributed by atoms with E-state index in [-0.39, 0.29) is 5.92 Å². The number of aryl methyl sites for hydroxylation is 1. The maximum Gasteiger partial charge on any atom is 0.124 e. The van der Waals surface area contributed by atoms with Crippen LogP contribution < -0.4 is 4.74 Å². The fourth-order valence-electron chi connectivity index (χ4n) is 4.86. The van der Waals surface area contributed by atoms with Gasteiger partial charge in [0.1, 0.15) is 5.75 Å². The van der Waals surface area contributed by atoms with Crippen molar-refractivity contribution in [1.29, 1.82) is 0 Å². The molecule has 2 fully saturated rings. The van der Waals surface area contributed by atoms with Crippen molar-refractivity contribution in [2.45, 2.75) is 31.4 Å².